The molecule has 0 atom stereocenters. The number of carbonyl (C=O) groups excluding carboxylic acids is 1. The third kappa shape index (κ3) is 1.65. The van der Waals surface area contributed by atoms with Gasteiger partial charge in [-0.25, -0.2) is 8.42 Å². The number of aromatic nitrogens is 2. The Balaban J connectivity index is 2.80. The highest BCUT2D eigenvalue weighted by Crippen LogP contribution is 2.16. The summed E-state index contributed by atoms with van der Waals surface area (Å²) in [4.78, 5) is 11.0. The summed E-state index contributed by atoms with van der Waals surface area (Å²) in [5.41, 5.74) is 5.71. The Morgan fingerprint density at radius 2 is 2.12 bits per heavy atom. The third-order valence-corrected chi connectivity index (χ3v) is 3.06. The molecular weight excluding hydrogens is 230 g/mol. The summed E-state index contributed by atoms with van der Waals surface area (Å²) in [7, 11) is -3.48. The lowest BCUT2D eigenvalue weighted by Crippen LogP contribution is -2.13. The molecule has 0 fully saturated rings. The second-order valence-electron chi connectivity index (χ2n) is 3.39. The Kier molecular flexibility index (Phi) is 2.20. The molecule has 1 aromatic carbocycles. The van der Waals surface area contributed by atoms with Gasteiger partial charge in [0.05, 0.1) is 18.0 Å². The highest BCUT2D eigenvalue weighted by atomic mass is 32.2. The summed E-state index contributed by atoms with van der Waals surface area (Å²) in [6, 6.07) is 4.54. The highest BCUT2D eigenvalue weighted by molar-refractivity contribution is 7.89. The number of benzene rings is 1. The Hall–Kier alpha value is -1.89. The van der Waals surface area contributed by atoms with Crippen LogP contribution in [0.1, 0.15) is 10.4 Å². The van der Waals surface area contributed by atoms with Gasteiger partial charge in [-0.05, 0) is 12.1 Å². The van der Waals surface area contributed by atoms with Crippen molar-refractivity contribution >= 4 is 26.8 Å². The van der Waals surface area contributed by atoms with E-state index in [0.717, 1.165) is 10.3 Å². The van der Waals surface area contributed by atoms with Gasteiger partial charge < -0.3 is 5.73 Å². The second kappa shape index (κ2) is 3.31. The molecular formula is C9H9N3O3S. The monoisotopic (exact) mass is 239 g/mol. The van der Waals surface area contributed by atoms with Crippen molar-refractivity contribution in [1.82, 2.24) is 9.19 Å². The van der Waals surface area contributed by atoms with Crippen molar-refractivity contribution in [2.75, 3.05) is 6.26 Å². The number of nitrogens with zero attached hydrogens (tertiary/aromatic N) is 2. The zero-order valence-corrected chi connectivity index (χ0v) is 9.23. The summed E-state index contributed by atoms with van der Waals surface area (Å²) in [6.45, 7) is 0. The van der Waals surface area contributed by atoms with Crippen LogP contribution in [0.2, 0.25) is 0 Å². The number of carbonyl (C=O) groups is 1. The number of hydrogen-bond acceptors (Lipinski definition) is 4. The van der Waals surface area contributed by atoms with Crippen molar-refractivity contribution in [2.45, 2.75) is 0 Å². The van der Waals surface area contributed by atoms with Gasteiger partial charge in [-0.2, -0.15) is 9.19 Å². The topological polar surface area (TPSA) is 95.1 Å². The lowest BCUT2D eigenvalue weighted by molar-refractivity contribution is 0.100. The van der Waals surface area contributed by atoms with Gasteiger partial charge in [0, 0.05) is 10.9 Å². The molecule has 2 N–H and O–H groups in total. The molecule has 1 aromatic heterocycles. The van der Waals surface area contributed by atoms with E-state index in [-0.39, 0.29) is 5.56 Å². The molecule has 1 heterocycles. The van der Waals surface area contributed by atoms with E-state index in [2.05, 4.69) is 5.10 Å². The van der Waals surface area contributed by atoms with Crippen molar-refractivity contribution in [2.24, 2.45) is 5.73 Å². The molecule has 7 heteroatoms. The molecule has 0 saturated heterocycles. The molecule has 0 bridgehead atoms. The van der Waals surface area contributed by atoms with Gasteiger partial charge in [-0.1, -0.05) is 6.07 Å². The van der Waals surface area contributed by atoms with Crippen molar-refractivity contribution in [3.8, 4) is 0 Å². The standard InChI is InChI=1S/C9H9N3O3S/c1-16(14,15)12-8-4-6(9(10)13)2-3-7(8)5-11-12/h2-5H,1H3,(H2,10,13). The van der Waals surface area contributed by atoms with Crippen LogP contribution in [0.3, 0.4) is 0 Å². The van der Waals surface area contributed by atoms with E-state index in [9.17, 15) is 13.2 Å². The van der Waals surface area contributed by atoms with Crippen LogP contribution in [0.25, 0.3) is 10.9 Å². The minimum atomic E-state index is -3.48. The lowest BCUT2D eigenvalue weighted by Gasteiger charge is -2.00. The molecule has 0 aliphatic rings. The first-order valence-electron chi connectivity index (χ1n) is 4.38. The number of primary amides is 1. The quantitative estimate of drug-likeness (QED) is 0.794. The number of rotatable bonds is 2. The van der Waals surface area contributed by atoms with Crippen molar-refractivity contribution in [3.63, 3.8) is 0 Å². The Morgan fingerprint density at radius 3 is 2.69 bits per heavy atom. The minimum Gasteiger partial charge on any atom is -0.366 e. The van der Waals surface area contributed by atoms with Gasteiger partial charge in [-0.3, -0.25) is 4.79 Å². The molecule has 84 valence electrons. The second-order valence-corrected chi connectivity index (χ2v) is 5.20. The van der Waals surface area contributed by atoms with Gasteiger partial charge in [-0.15, -0.1) is 0 Å². The van der Waals surface area contributed by atoms with Crippen LogP contribution >= 0.6 is 0 Å². The normalized spacial score (nSPS) is 11.8. The maximum atomic E-state index is 11.4. The van der Waals surface area contributed by atoms with Crippen molar-refractivity contribution < 1.29 is 13.2 Å². The van der Waals surface area contributed by atoms with Gasteiger partial charge >= 0.3 is 0 Å². The number of hydrogen-bond donors (Lipinski definition) is 1. The average Bonchev–Trinajstić information content (AvgIpc) is 2.58. The van der Waals surface area contributed by atoms with E-state index in [4.69, 9.17) is 5.73 Å². The summed E-state index contributed by atoms with van der Waals surface area (Å²) in [5.74, 6) is -0.608. The molecule has 0 aliphatic carbocycles. The van der Waals surface area contributed by atoms with E-state index >= 15 is 0 Å². The van der Waals surface area contributed by atoms with Crippen LogP contribution < -0.4 is 5.73 Å². The number of amides is 1. The Labute approximate surface area is 91.7 Å². The first kappa shape index (κ1) is 10.6. The van der Waals surface area contributed by atoms with Crippen LogP contribution in [0, 0.1) is 0 Å². The fourth-order valence-corrected chi connectivity index (χ4v) is 2.15. The zero-order chi connectivity index (χ0) is 11.9. The molecule has 6 nitrogen and oxygen atoms in total. The van der Waals surface area contributed by atoms with E-state index < -0.39 is 15.9 Å². The van der Waals surface area contributed by atoms with Gasteiger partial charge in [0.25, 0.3) is 10.0 Å². The number of nitrogens with two attached hydrogens (primary N) is 1. The van der Waals surface area contributed by atoms with Crippen molar-refractivity contribution in [3.05, 3.63) is 30.0 Å². The first-order valence-corrected chi connectivity index (χ1v) is 6.22. The van der Waals surface area contributed by atoms with Gasteiger partial charge in [0.15, 0.2) is 0 Å². The molecule has 2 aromatic rings. The van der Waals surface area contributed by atoms with Gasteiger partial charge in [0.1, 0.15) is 0 Å². The van der Waals surface area contributed by atoms with Crippen molar-refractivity contribution in [1.29, 1.82) is 0 Å². The van der Waals surface area contributed by atoms with Gasteiger partial charge in [0.2, 0.25) is 5.91 Å². The smallest absolute Gasteiger partial charge is 0.251 e. The molecule has 0 unspecified atom stereocenters. The fourth-order valence-electron chi connectivity index (χ4n) is 1.41. The maximum absolute atomic E-state index is 11.4. The zero-order valence-electron chi connectivity index (χ0n) is 8.41. The van der Waals surface area contributed by atoms with Crippen LogP contribution in [0.5, 0.6) is 0 Å². The van der Waals surface area contributed by atoms with E-state index in [1.54, 1.807) is 6.07 Å². The van der Waals surface area contributed by atoms with Crippen LogP contribution in [0.4, 0.5) is 0 Å². The highest BCUT2D eigenvalue weighted by Gasteiger charge is 2.12. The Morgan fingerprint density at radius 1 is 1.44 bits per heavy atom. The minimum absolute atomic E-state index is 0.248. The van der Waals surface area contributed by atoms with Crippen LogP contribution in [-0.4, -0.2) is 29.8 Å². The molecule has 2 rings (SSSR count). The molecule has 0 saturated carbocycles. The van der Waals surface area contributed by atoms with E-state index in [0.29, 0.717) is 10.9 Å². The lowest BCUT2D eigenvalue weighted by atomic mass is 10.1. The van der Waals surface area contributed by atoms with E-state index in [1.165, 1.54) is 18.3 Å². The number of fused-ring (bicyclic) bond motifs is 1. The summed E-state index contributed by atoms with van der Waals surface area (Å²) in [5, 5.41) is 4.38. The largest absolute Gasteiger partial charge is 0.366 e. The average molecular weight is 239 g/mol. The third-order valence-electron chi connectivity index (χ3n) is 2.14. The predicted octanol–water partition coefficient (Wildman–Crippen LogP) is -0.0571. The summed E-state index contributed by atoms with van der Waals surface area (Å²) in [6.07, 6.45) is 2.46. The maximum Gasteiger partial charge on any atom is 0.251 e. The summed E-state index contributed by atoms with van der Waals surface area (Å²) >= 11 is 0. The fraction of sp³-hybridized carbons (Fsp3) is 0.111. The van der Waals surface area contributed by atoms with Crippen LogP contribution in [0.15, 0.2) is 24.4 Å². The predicted molar refractivity (Wildman–Crippen MR) is 58.5 cm³/mol. The van der Waals surface area contributed by atoms with E-state index in [1.807, 2.05) is 0 Å². The summed E-state index contributed by atoms with van der Waals surface area (Å²) < 4.78 is 23.6. The molecule has 0 spiro atoms. The SMILES string of the molecule is CS(=O)(=O)n1ncc2ccc(C(N)=O)cc21. The Bertz CT molecular complexity index is 672. The molecule has 1 amide bonds. The van der Waals surface area contributed by atoms with Crippen LogP contribution in [-0.2, 0) is 10.0 Å². The first-order chi connectivity index (χ1) is 7.39. The molecule has 16 heavy (non-hydrogen) atoms. The molecule has 0 aliphatic heterocycles. The molecule has 0 radical (unpaired) electrons.